The lowest BCUT2D eigenvalue weighted by Crippen LogP contribution is -2.23. The first kappa shape index (κ1) is 15.4. The van der Waals surface area contributed by atoms with Gasteiger partial charge >= 0.3 is 0 Å². The van der Waals surface area contributed by atoms with Crippen molar-refractivity contribution < 1.29 is 13.5 Å². The Bertz CT molecular complexity index is 605. The maximum atomic E-state index is 13.5. The van der Waals surface area contributed by atoms with Crippen LogP contribution in [0.1, 0.15) is 30.5 Å². The number of methoxy groups -OCH3 is 1. The molecule has 0 aliphatic rings. The highest BCUT2D eigenvalue weighted by Crippen LogP contribution is 2.25. The number of pyridine rings is 1. The van der Waals surface area contributed by atoms with Crippen molar-refractivity contribution in [2.24, 2.45) is 0 Å². The molecule has 1 aromatic carbocycles. The lowest BCUT2D eigenvalue weighted by Gasteiger charge is -2.20. The minimum atomic E-state index is -0.855. The Morgan fingerprint density at radius 1 is 1.14 bits per heavy atom. The molecule has 0 amide bonds. The van der Waals surface area contributed by atoms with Gasteiger partial charge in [-0.3, -0.25) is 4.98 Å². The van der Waals surface area contributed by atoms with E-state index >= 15 is 0 Å². The van der Waals surface area contributed by atoms with Crippen LogP contribution in [-0.2, 0) is 0 Å². The number of hydrogen-bond donors (Lipinski definition) is 1. The van der Waals surface area contributed by atoms with Gasteiger partial charge in [0, 0.05) is 6.20 Å². The molecule has 1 aromatic heterocycles. The molecule has 1 atom stereocenters. The molecule has 1 heterocycles. The molecule has 1 unspecified atom stereocenters. The summed E-state index contributed by atoms with van der Waals surface area (Å²) in [5.74, 6) is -1.08. The minimum absolute atomic E-state index is 0.261. The monoisotopic (exact) mass is 292 g/mol. The maximum absolute atomic E-state index is 13.5. The topological polar surface area (TPSA) is 34.2 Å². The summed E-state index contributed by atoms with van der Waals surface area (Å²) in [6, 6.07) is 5.50. The Morgan fingerprint density at radius 3 is 2.62 bits per heavy atom. The van der Waals surface area contributed by atoms with Crippen molar-refractivity contribution in [1.82, 2.24) is 10.3 Å². The zero-order chi connectivity index (χ0) is 15.2. The lowest BCUT2D eigenvalue weighted by molar-refractivity contribution is 0.411. The summed E-state index contributed by atoms with van der Waals surface area (Å²) in [6.45, 7) is 2.79. The van der Waals surface area contributed by atoms with E-state index in [4.69, 9.17) is 4.74 Å². The van der Waals surface area contributed by atoms with E-state index in [1.54, 1.807) is 25.6 Å². The van der Waals surface area contributed by atoms with Crippen molar-refractivity contribution in [3.8, 4) is 5.75 Å². The molecular weight excluding hydrogens is 274 g/mol. The molecule has 0 fully saturated rings. The summed E-state index contributed by atoms with van der Waals surface area (Å²) in [5.41, 5.74) is 1.49. The van der Waals surface area contributed by atoms with Crippen LogP contribution in [0.15, 0.2) is 36.7 Å². The molecule has 3 nitrogen and oxygen atoms in total. The second kappa shape index (κ2) is 7.13. The highest BCUT2D eigenvalue weighted by molar-refractivity contribution is 5.34. The third-order valence-corrected chi connectivity index (χ3v) is 3.18. The van der Waals surface area contributed by atoms with Crippen molar-refractivity contribution in [1.29, 1.82) is 0 Å². The standard InChI is InChI=1S/C16H18F2N2O/c1-3-6-20-16(11-4-5-14(17)15(18)8-11)12-7-13(21-2)10-19-9-12/h4-5,7-10,16,20H,3,6H2,1-2H3. The molecule has 21 heavy (non-hydrogen) atoms. The van der Waals surface area contributed by atoms with Crippen LogP contribution in [0, 0.1) is 11.6 Å². The quantitative estimate of drug-likeness (QED) is 0.885. The Kier molecular flexibility index (Phi) is 5.22. The second-order valence-corrected chi connectivity index (χ2v) is 4.72. The van der Waals surface area contributed by atoms with Crippen LogP contribution < -0.4 is 10.1 Å². The summed E-state index contributed by atoms with van der Waals surface area (Å²) in [7, 11) is 1.56. The fourth-order valence-electron chi connectivity index (χ4n) is 2.11. The van der Waals surface area contributed by atoms with Crippen molar-refractivity contribution in [3.63, 3.8) is 0 Å². The summed E-state index contributed by atoms with van der Waals surface area (Å²) in [6.07, 6.45) is 4.22. The predicted molar refractivity (Wildman–Crippen MR) is 77.3 cm³/mol. The van der Waals surface area contributed by atoms with Gasteiger partial charge in [-0.15, -0.1) is 0 Å². The van der Waals surface area contributed by atoms with Gasteiger partial charge in [-0.25, -0.2) is 8.78 Å². The molecule has 1 N–H and O–H groups in total. The van der Waals surface area contributed by atoms with Crippen molar-refractivity contribution in [3.05, 3.63) is 59.4 Å². The van der Waals surface area contributed by atoms with E-state index in [1.165, 1.54) is 6.07 Å². The largest absolute Gasteiger partial charge is 0.495 e. The Balaban J connectivity index is 2.38. The van der Waals surface area contributed by atoms with E-state index in [0.717, 1.165) is 24.6 Å². The molecule has 0 saturated carbocycles. The van der Waals surface area contributed by atoms with Gasteiger partial charge in [0.25, 0.3) is 0 Å². The van der Waals surface area contributed by atoms with Crippen LogP contribution in [0.2, 0.25) is 0 Å². The molecule has 112 valence electrons. The van der Waals surface area contributed by atoms with Crippen molar-refractivity contribution in [2.45, 2.75) is 19.4 Å². The summed E-state index contributed by atoms with van der Waals surface area (Å²) in [4.78, 5) is 4.12. The normalized spacial score (nSPS) is 12.2. The molecule has 5 heteroatoms. The highest BCUT2D eigenvalue weighted by Gasteiger charge is 2.16. The van der Waals surface area contributed by atoms with E-state index in [0.29, 0.717) is 11.3 Å². The van der Waals surface area contributed by atoms with Crippen LogP contribution in [0.3, 0.4) is 0 Å². The van der Waals surface area contributed by atoms with E-state index < -0.39 is 11.6 Å². The number of nitrogens with one attached hydrogen (secondary N) is 1. The number of nitrogens with zero attached hydrogens (tertiary/aromatic N) is 1. The minimum Gasteiger partial charge on any atom is -0.495 e. The van der Waals surface area contributed by atoms with Gasteiger partial charge in [0.2, 0.25) is 0 Å². The average Bonchev–Trinajstić information content (AvgIpc) is 2.51. The van der Waals surface area contributed by atoms with Gasteiger partial charge in [0.1, 0.15) is 5.75 Å². The smallest absolute Gasteiger partial charge is 0.159 e. The van der Waals surface area contributed by atoms with Gasteiger partial charge in [-0.2, -0.15) is 0 Å². The SMILES string of the molecule is CCCNC(c1cncc(OC)c1)c1ccc(F)c(F)c1. The molecule has 0 aliphatic heterocycles. The fraction of sp³-hybridized carbons (Fsp3) is 0.312. The van der Waals surface area contributed by atoms with Crippen LogP contribution in [0.25, 0.3) is 0 Å². The highest BCUT2D eigenvalue weighted by atomic mass is 19.2. The third-order valence-electron chi connectivity index (χ3n) is 3.18. The number of ether oxygens (including phenoxy) is 1. The maximum Gasteiger partial charge on any atom is 0.159 e. The van der Waals surface area contributed by atoms with E-state index in [2.05, 4.69) is 10.3 Å². The fourth-order valence-corrected chi connectivity index (χ4v) is 2.11. The first-order valence-corrected chi connectivity index (χ1v) is 6.83. The molecule has 0 bridgehead atoms. The lowest BCUT2D eigenvalue weighted by atomic mass is 9.99. The zero-order valence-corrected chi connectivity index (χ0v) is 12.1. The number of rotatable bonds is 6. The Hall–Kier alpha value is -2.01. The number of halogens is 2. The summed E-state index contributed by atoms with van der Waals surface area (Å²) >= 11 is 0. The van der Waals surface area contributed by atoms with Crippen molar-refractivity contribution in [2.75, 3.05) is 13.7 Å². The first-order valence-electron chi connectivity index (χ1n) is 6.83. The van der Waals surface area contributed by atoms with Gasteiger partial charge in [0.15, 0.2) is 11.6 Å². The molecular formula is C16H18F2N2O. The van der Waals surface area contributed by atoms with Crippen LogP contribution >= 0.6 is 0 Å². The second-order valence-electron chi connectivity index (χ2n) is 4.72. The molecule has 0 radical (unpaired) electrons. The zero-order valence-electron chi connectivity index (χ0n) is 12.1. The number of aromatic nitrogens is 1. The first-order chi connectivity index (χ1) is 10.2. The predicted octanol–water partition coefficient (Wildman–Crippen LogP) is 3.46. The molecule has 0 spiro atoms. The van der Waals surface area contributed by atoms with E-state index in [-0.39, 0.29) is 6.04 Å². The molecule has 2 rings (SSSR count). The summed E-state index contributed by atoms with van der Waals surface area (Å²) in [5, 5.41) is 3.32. The van der Waals surface area contributed by atoms with Gasteiger partial charge in [0.05, 0.1) is 19.3 Å². The van der Waals surface area contributed by atoms with Crippen molar-refractivity contribution >= 4 is 0 Å². The molecule has 0 saturated heterocycles. The van der Waals surface area contributed by atoms with Crippen LogP contribution in [0.5, 0.6) is 5.75 Å². The summed E-state index contributed by atoms with van der Waals surface area (Å²) < 4.78 is 31.8. The van der Waals surface area contributed by atoms with Gasteiger partial charge in [-0.05, 0) is 42.3 Å². The third kappa shape index (κ3) is 3.76. The average molecular weight is 292 g/mol. The van der Waals surface area contributed by atoms with Crippen LogP contribution in [-0.4, -0.2) is 18.6 Å². The van der Waals surface area contributed by atoms with Gasteiger partial charge < -0.3 is 10.1 Å². The van der Waals surface area contributed by atoms with Gasteiger partial charge in [-0.1, -0.05) is 13.0 Å². The van der Waals surface area contributed by atoms with Crippen LogP contribution in [0.4, 0.5) is 8.78 Å². The Labute approximate surface area is 123 Å². The molecule has 0 aliphatic carbocycles. The molecule has 2 aromatic rings. The van der Waals surface area contributed by atoms with E-state index in [1.807, 2.05) is 13.0 Å². The Morgan fingerprint density at radius 2 is 1.95 bits per heavy atom. The van der Waals surface area contributed by atoms with E-state index in [9.17, 15) is 8.78 Å². The number of hydrogen-bond acceptors (Lipinski definition) is 3. The number of benzene rings is 1.